The maximum Gasteiger partial charge on any atom is 0.246 e. The van der Waals surface area contributed by atoms with Gasteiger partial charge in [-0.25, -0.2) is 4.98 Å². The van der Waals surface area contributed by atoms with Gasteiger partial charge in [0.05, 0.1) is 34.4 Å². The Morgan fingerprint density at radius 3 is 2.29 bits per heavy atom. The van der Waals surface area contributed by atoms with E-state index < -0.39 is 17.5 Å². The van der Waals surface area contributed by atoms with Crippen LogP contribution >= 0.6 is 11.3 Å². The maximum absolute atomic E-state index is 14.2. The molecule has 13 heteroatoms. The maximum atomic E-state index is 14.2. The summed E-state index contributed by atoms with van der Waals surface area (Å²) >= 11 is 1.60. The molecule has 3 atom stereocenters. The summed E-state index contributed by atoms with van der Waals surface area (Å²) in [4.78, 5) is 50.5. The highest BCUT2D eigenvalue weighted by molar-refractivity contribution is 7.13. The van der Waals surface area contributed by atoms with Crippen LogP contribution in [-0.2, 0) is 14.4 Å². The van der Waals surface area contributed by atoms with Crippen LogP contribution in [0, 0.1) is 23.2 Å². The van der Waals surface area contributed by atoms with E-state index in [2.05, 4.69) is 25.8 Å². The van der Waals surface area contributed by atoms with Gasteiger partial charge in [0.25, 0.3) is 0 Å². The molecule has 0 aliphatic carbocycles. The summed E-state index contributed by atoms with van der Waals surface area (Å²) < 4.78 is 0. The molecule has 1 aromatic heterocycles. The zero-order valence-electron chi connectivity index (χ0n) is 34.5. The Morgan fingerprint density at radius 1 is 0.966 bits per heavy atom. The van der Waals surface area contributed by atoms with Crippen molar-refractivity contribution in [2.75, 3.05) is 31.5 Å². The Bertz CT molecular complexity index is 2170. The van der Waals surface area contributed by atoms with Crippen molar-refractivity contribution in [3.63, 3.8) is 0 Å². The second-order valence-electron chi connectivity index (χ2n) is 16.6. The second kappa shape index (κ2) is 18.9. The van der Waals surface area contributed by atoms with E-state index in [1.165, 1.54) is 12.3 Å². The monoisotopic (exact) mass is 816 g/mol. The SMILES string of the molecule is Cc1ncsc1-c1ccc([C@H](C)NC(=O)[C@@H]2CCCN2C(=O)[C@@H](NC(=O)CN2CCC(Nc3ccc(/C(C=N)=C/C(=N)c4ccccc4O)cc3)CC2)C(C)(C)C)cc1. The van der Waals surface area contributed by atoms with Crippen molar-refractivity contribution in [3.8, 4) is 16.2 Å². The normalized spacial score (nSPS) is 17.5. The van der Waals surface area contributed by atoms with Crippen molar-refractivity contribution in [1.82, 2.24) is 25.4 Å². The summed E-state index contributed by atoms with van der Waals surface area (Å²) in [7, 11) is 0. The number of amides is 3. The number of thiazole rings is 1. The molecule has 3 heterocycles. The number of phenolic OH excluding ortho intramolecular Hbond substituents is 1. The van der Waals surface area contributed by atoms with Gasteiger partial charge in [-0.2, -0.15) is 0 Å². The summed E-state index contributed by atoms with van der Waals surface area (Å²) in [6, 6.07) is 21.1. The van der Waals surface area contributed by atoms with Crippen LogP contribution in [0.25, 0.3) is 16.0 Å². The minimum absolute atomic E-state index is 0.0226. The zero-order valence-corrected chi connectivity index (χ0v) is 35.4. The van der Waals surface area contributed by atoms with E-state index >= 15 is 0 Å². The number of nitrogens with one attached hydrogen (secondary N) is 5. The minimum Gasteiger partial charge on any atom is -0.507 e. The molecule has 0 bridgehead atoms. The fraction of sp³-hybridized carbons (Fsp3) is 0.391. The van der Waals surface area contributed by atoms with E-state index in [1.807, 2.05) is 88.7 Å². The number of carbonyl (C=O) groups excluding carboxylic acids is 3. The molecule has 6 N–H and O–H groups in total. The highest BCUT2D eigenvalue weighted by Gasteiger charge is 2.42. The number of aromatic hydroxyl groups is 1. The number of allylic oxidation sites excluding steroid dienone is 2. The molecule has 3 amide bonds. The van der Waals surface area contributed by atoms with Gasteiger partial charge in [-0.1, -0.05) is 69.3 Å². The quantitative estimate of drug-likeness (QED) is 0.0730. The topological polar surface area (TPSA) is 175 Å². The lowest BCUT2D eigenvalue weighted by molar-refractivity contribution is -0.144. The third-order valence-electron chi connectivity index (χ3n) is 11.2. The van der Waals surface area contributed by atoms with Crippen molar-refractivity contribution in [2.24, 2.45) is 5.41 Å². The lowest BCUT2D eigenvalue weighted by Crippen LogP contribution is -2.59. The van der Waals surface area contributed by atoms with Crippen LogP contribution in [0.3, 0.4) is 0 Å². The Kier molecular flexibility index (Phi) is 13.8. The largest absolute Gasteiger partial charge is 0.507 e. The summed E-state index contributed by atoms with van der Waals surface area (Å²) in [5.74, 6) is -0.607. The molecule has 2 aliphatic heterocycles. The molecule has 0 unspecified atom stereocenters. The number of carbonyl (C=O) groups is 3. The first-order chi connectivity index (χ1) is 28.2. The summed E-state index contributed by atoms with van der Waals surface area (Å²) in [6.45, 7) is 11.8. The van der Waals surface area contributed by atoms with Gasteiger partial charge >= 0.3 is 0 Å². The van der Waals surface area contributed by atoms with Gasteiger partial charge in [0.1, 0.15) is 17.8 Å². The van der Waals surface area contributed by atoms with Gasteiger partial charge in [-0.15, -0.1) is 11.3 Å². The average molecular weight is 817 g/mol. The molecular weight excluding hydrogens is 761 g/mol. The second-order valence-corrected chi connectivity index (χ2v) is 17.5. The number of benzene rings is 3. The van der Waals surface area contributed by atoms with Crippen LogP contribution in [0.15, 0.2) is 84.4 Å². The number of rotatable bonds is 14. The number of piperidine rings is 1. The molecule has 0 saturated carbocycles. The molecule has 2 fully saturated rings. The molecule has 310 valence electrons. The number of aromatic nitrogens is 1. The van der Waals surface area contributed by atoms with Gasteiger partial charge in [0, 0.05) is 48.7 Å². The average Bonchev–Trinajstić information content (AvgIpc) is 3.89. The van der Waals surface area contributed by atoms with Crippen LogP contribution in [0.5, 0.6) is 5.75 Å². The van der Waals surface area contributed by atoms with Crippen molar-refractivity contribution in [3.05, 3.63) is 107 Å². The molecule has 6 rings (SSSR count). The van der Waals surface area contributed by atoms with E-state index in [4.69, 9.17) is 10.8 Å². The Labute approximate surface area is 351 Å². The van der Waals surface area contributed by atoms with E-state index in [0.29, 0.717) is 43.6 Å². The molecule has 12 nitrogen and oxygen atoms in total. The molecule has 4 aromatic rings. The molecular formula is C46H56N8O4S. The lowest BCUT2D eigenvalue weighted by Gasteiger charge is -2.37. The zero-order chi connectivity index (χ0) is 42.3. The van der Waals surface area contributed by atoms with Crippen molar-refractivity contribution < 1.29 is 19.5 Å². The fourth-order valence-corrected chi connectivity index (χ4v) is 8.61. The van der Waals surface area contributed by atoms with Crippen LogP contribution < -0.4 is 16.0 Å². The van der Waals surface area contributed by atoms with Crippen molar-refractivity contribution in [2.45, 2.75) is 84.5 Å². The molecule has 3 aromatic carbocycles. The smallest absolute Gasteiger partial charge is 0.246 e. The molecule has 0 spiro atoms. The number of phenols is 1. The molecule has 59 heavy (non-hydrogen) atoms. The summed E-state index contributed by atoms with van der Waals surface area (Å²) in [5, 5.41) is 36.2. The molecule has 0 radical (unpaired) electrons. The van der Waals surface area contributed by atoms with E-state index in [9.17, 15) is 19.5 Å². The van der Waals surface area contributed by atoms with Gasteiger partial charge in [-0.05, 0) is 92.0 Å². The Morgan fingerprint density at radius 2 is 1.66 bits per heavy atom. The number of nitrogens with zero attached hydrogens (tertiary/aromatic N) is 3. The number of hydrogen-bond donors (Lipinski definition) is 6. The Balaban J connectivity index is 0.983. The van der Waals surface area contributed by atoms with E-state index in [-0.39, 0.29) is 47.8 Å². The first kappa shape index (κ1) is 42.9. The van der Waals surface area contributed by atoms with Gasteiger partial charge in [0.2, 0.25) is 17.7 Å². The standard InChI is InChI=1S/C46H56N8O4S/c1-29(31-12-14-33(15-13-31)42-30(2)49-28-59-42)50-44(57)39-10-8-22-54(39)45(58)43(46(3,4)5)52-41(56)27-53-23-20-36(21-24-53)51-35-18-16-32(17-19-35)34(26-47)25-38(48)37-9-6-7-11-40(37)55/h6-7,9,11-19,25-26,28-29,36,39,43,47-48,51,55H,8,10,20-24,27H2,1-5H3,(H,50,57)(H,52,56)/b34-25+,47-26?,48-38?/t29-,39-,43+/m0/s1. The predicted octanol–water partition coefficient (Wildman–Crippen LogP) is 7.20. The van der Waals surface area contributed by atoms with E-state index in [1.54, 1.807) is 40.5 Å². The van der Waals surface area contributed by atoms with Gasteiger partial charge in [0.15, 0.2) is 0 Å². The van der Waals surface area contributed by atoms with Gasteiger partial charge < -0.3 is 36.8 Å². The van der Waals surface area contributed by atoms with Crippen LogP contribution in [0.4, 0.5) is 5.69 Å². The molecule has 2 aliphatic rings. The number of anilines is 1. The van der Waals surface area contributed by atoms with Crippen LogP contribution in [-0.4, -0.2) is 93.8 Å². The summed E-state index contributed by atoms with van der Waals surface area (Å²) in [5.41, 5.74) is 7.13. The third-order valence-corrected chi connectivity index (χ3v) is 12.2. The number of hydrogen-bond acceptors (Lipinski definition) is 10. The number of para-hydroxylation sites is 1. The molecule has 2 saturated heterocycles. The highest BCUT2D eigenvalue weighted by Crippen LogP contribution is 2.30. The highest BCUT2D eigenvalue weighted by atomic mass is 32.1. The fourth-order valence-electron chi connectivity index (χ4n) is 7.80. The van der Waals surface area contributed by atoms with Crippen LogP contribution in [0.1, 0.15) is 81.8 Å². The number of aryl methyl sites for hydroxylation is 1. The van der Waals surface area contributed by atoms with E-state index in [0.717, 1.165) is 45.8 Å². The minimum atomic E-state index is -0.787. The lowest BCUT2D eigenvalue weighted by atomic mass is 9.85. The van der Waals surface area contributed by atoms with Gasteiger partial charge in [-0.3, -0.25) is 19.3 Å². The number of likely N-dealkylation sites (tertiary alicyclic amines) is 2. The predicted molar refractivity (Wildman–Crippen MR) is 236 cm³/mol. The van der Waals surface area contributed by atoms with Crippen LogP contribution in [0.2, 0.25) is 0 Å². The Hall–Kier alpha value is -5.66. The first-order valence-electron chi connectivity index (χ1n) is 20.3. The first-order valence-corrected chi connectivity index (χ1v) is 21.2. The summed E-state index contributed by atoms with van der Waals surface area (Å²) in [6.07, 6.45) is 5.73. The van der Waals surface area contributed by atoms with Crippen molar-refractivity contribution in [1.29, 1.82) is 10.8 Å². The third kappa shape index (κ3) is 10.7. The van der Waals surface area contributed by atoms with Crippen molar-refractivity contribution >= 4 is 52.2 Å².